The van der Waals surface area contributed by atoms with Gasteiger partial charge in [-0.15, -0.1) is 11.3 Å². The van der Waals surface area contributed by atoms with Crippen LogP contribution in [-0.2, 0) is 11.2 Å². The van der Waals surface area contributed by atoms with Gasteiger partial charge in [0.15, 0.2) is 0 Å². The maximum absolute atomic E-state index is 5.75. The van der Waals surface area contributed by atoms with E-state index in [4.69, 9.17) is 10.5 Å². The summed E-state index contributed by atoms with van der Waals surface area (Å²) in [5.41, 5.74) is 6.77. The lowest BCUT2D eigenvalue weighted by atomic mass is 10.1. The highest BCUT2D eigenvalue weighted by atomic mass is 32.1. The van der Waals surface area contributed by atoms with E-state index in [2.05, 4.69) is 10.4 Å². The highest BCUT2D eigenvalue weighted by molar-refractivity contribution is 7.09. The molecular weight excluding hydrogens is 196 g/mol. The molecule has 0 spiro atoms. The molecule has 2 heterocycles. The van der Waals surface area contributed by atoms with Gasteiger partial charge in [-0.25, -0.2) is 4.98 Å². The summed E-state index contributed by atoms with van der Waals surface area (Å²) in [6, 6.07) is 0.0554. The molecule has 1 fully saturated rings. The Balaban J connectivity index is 1.95. The average molecular weight is 212 g/mol. The molecule has 0 amide bonds. The molecule has 2 atom stereocenters. The van der Waals surface area contributed by atoms with Gasteiger partial charge < -0.3 is 10.5 Å². The summed E-state index contributed by atoms with van der Waals surface area (Å²) >= 11 is 1.72. The molecule has 0 saturated carbocycles. The minimum atomic E-state index is 0.0554. The van der Waals surface area contributed by atoms with Gasteiger partial charge in [0.25, 0.3) is 0 Å². The van der Waals surface area contributed by atoms with E-state index in [-0.39, 0.29) is 6.04 Å². The van der Waals surface area contributed by atoms with Crippen LogP contribution in [-0.4, -0.2) is 18.2 Å². The van der Waals surface area contributed by atoms with Crippen LogP contribution in [0.25, 0.3) is 0 Å². The standard InChI is InChI=1S/C10H16N2OS/c1-7(11)9-6-14-10(12-9)4-8-2-3-13-5-8/h6-8H,2-5,11H2,1H3. The van der Waals surface area contributed by atoms with E-state index in [0.717, 1.165) is 25.3 Å². The largest absolute Gasteiger partial charge is 0.381 e. The normalized spacial score (nSPS) is 24.0. The topological polar surface area (TPSA) is 48.1 Å². The van der Waals surface area contributed by atoms with Gasteiger partial charge in [-0.2, -0.15) is 0 Å². The summed E-state index contributed by atoms with van der Waals surface area (Å²) in [6.45, 7) is 3.78. The third kappa shape index (κ3) is 2.32. The maximum Gasteiger partial charge on any atom is 0.0932 e. The predicted octanol–water partition coefficient (Wildman–Crippen LogP) is 1.74. The monoisotopic (exact) mass is 212 g/mol. The van der Waals surface area contributed by atoms with Crippen molar-refractivity contribution in [3.63, 3.8) is 0 Å². The Hall–Kier alpha value is -0.450. The number of thiazole rings is 1. The van der Waals surface area contributed by atoms with E-state index in [9.17, 15) is 0 Å². The van der Waals surface area contributed by atoms with Crippen molar-refractivity contribution in [2.24, 2.45) is 11.7 Å². The molecule has 2 unspecified atom stereocenters. The second-order valence-corrected chi connectivity index (χ2v) is 4.83. The van der Waals surface area contributed by atoms with Gasteiger partial charge in [0.2, 0.25) is 0 Å². The Labute approximate surface area is 88.3 Å². The van der Waals surface area contributed by atoms with E-state index in [0.29, 0.717) is 5.92 Å². The van der Waals surface area contributed by atoms with Gasteiger partial charge in [-0.05, 0) is 19.3 Å². The smallest absolute Gasteiger partial charge is 0.0932 e. The fraction of sp³-hybridized carbons (Fsp3) is 0.700. The van der Waals surface area contributed by atoms with Crippen LogP contribution in [0.1, 0.15) is 30.1 Å². The highest BCUT2D eigenvalue weighted by Crippen LogP contribution is 2.22. The number of rotatable bonds is 3. The SMILES string of the molecule is CC(N)c1csc(CC2CCOC2)n1. The van der Waals surface area contributed by atoms with Gasteiger partial charge >= 0.3 is 0 Å². The van der Waals surface area contributed by atoms with Crippen molar-refractivity contribution in [1.29, 1.82) is 0 Å². The predicted molar refractivity (Wildman–Crippen MR) is 57.3 cm³/mol. The lowest BCUT2D eigenvalue weighted by molar-refractivity contribution is 0.186. The first-order valence-electron chi connectivity index (χ1n) is 5.03. The van der Waals surface area contributed by atoms with E-state index in [1.165, 1.54) is 11.4 Å². The van der Waals surface area contributed by atoms with E-state index >= 15 is 0 Å². The van der Waals surface area contributed by atoms with Crippen LogP contribution in [0.15, 0.2) is 5.38 Å². The van der Waals surface area contributed by atoms with Crippen LogP contribution in [0.3, 0.4) is 0 Å². The van der Waals surface area contributed by atoms with E-state index in [1.54, 1.807) is 11.3 Å². The van der Waals surface area contributed by atoms with Crippen LogP contribution >= 0.6 is 11.3 Å². The second kappa shape index (κ2) is 4.38. The van der Waals surface area contributed by atoms with E-state index < -0.39 is 0 Å². The molecule has 14 heavy (non-hydrogen) atoms. The van der Waals surface area contributed by atoms with Crippen molar-refractivity contribution in [3.05, 3.63) is 16.1 Å². The molecule has 1 saturated heterocycles. The molecule has 1 aromatic rings. The Morgan fingerprint density at radius 1 is 1.79 bits per heavy atom. The first-order chi connectivity index (χ1) is 6.75. The highest BCUT2D eigenvalue weighted by Gasteiger charge is 2.17. The summed E-state index contributed by atoms with van der Waals surface area (Å²) in [4.78, 5) is 4.51. The Morgan fingerprint density at radius 2 is 2.64 bits per heavy atom. The van der Waals surface area contributed by atoms with Crippen LogP contribution < -0.4 is 5.73 Å². The van der Waals surface area contributed by atoms with Gasteiger partial charge in [-0.3, -0.25) is 0 Å². The second-order valence-electron chi connectivity index (χ2n) is 3.89. The molecule has 2 rings (SSSR count). The van der Waals surface area contributed by atoms with Crippen LogP contribution in [0.5, 0.6) is 0 Å². The van der Waals surface area contributed by atoms with Crippen molar-refractivity contribution >= 4 is 11.3 Å². The van der Waals surface area contributed by atoms with Crippen LogP contribution in [0.2, 0.25) is 0 Å². The third-order valence-electron chi connectivity index (χ3n) is 2.52. The third-order valence-corrected chi connectivity index (χ3v) is 3.41. The lowest BCUT2D eigenvalue weighted by Crippen LogP contribution is -2.07. The van der Waals surface area contributed by atoms with Crippen molar-refractivity contribution < 1.29 is 4.74 Å². The van der Waals surface area contributed by atoms with Gasteiger partial charge in [-0.1, -0.05) is 0 Å². The molecule has 0 radical (unpaired) electrons. The summed E-state index contributed by atoms with van der Waals surface area (Å²) in [7, 11) is 0. The van der Waals surface area contributed by atoms with Gasteiger partial charge in [0.05, 0.1) is 10.7 Å². The quantitative estimate of drug-likeness (QED) is 0.830. The number of hydrogen-bond acceptors (Lipinski definition) is 4. The zero-order valence-corrected chi connectivity index (χ0v) is 9.22. The van der Waals surface area contributed by atoms with Gasteiger partial charge in [0, 0.05) is 31.1 Å². The molecule has 2 N–H and O–H groups in total. The molecule has 78 valence electrons. The molecule has 4 heteroatoms. The Bertz CT molecular complexity index is 292. The molecule has 0 aromatic carbocycles. The number of aromatic nitrogens is 1. The van der Waals surface area contributed by atoms with Crippen molar-refractivity contribution in [2.45, 2.75) is 25.8 Å². The lowest BCUT2D eigenvalue weighted by Gasteiger charge is -2.03. The first kappa shape index (κ1) is 10.1. The number of ether oxygens (including phenoxy) is 1. The number of hydrogen-bond donors (Lipinski definition) is 1. The molecule has 0 bridgehead atoms. The van der Waals surface area contributed by atoms with Gasteiger partial charge in [0.1, 0.15) is 0 Å². The fourth-order valence-corrected chi connectivity index (χ4v) is 2.63. The minimum Gasteiger partial charge on any atom is -0.381 e. The molecule has 3 nitrogen and oxygen atoms in total. The number of nitrogens with two attached hydrogens (primary N) is 1. The molecule has 1 aliphatic heterocycles. The molecule has 1 aromatic heterocycles. The summed E-state index contributed by atoms with van der Waals surface area (Å²) < 4.78 is 5.34. The Kier molecular flexibility index (Phi) is 3.15. The van der Waals surface area contributed by atoms with Crippen LogP contribution in [0, 0.1) is 5.92 Å². The summed E-state index contributed by atoms with van der Waals surface area (Å²) in [6.07, 6.45) is 2.23. The maximum atomic E-state index is 5.75. The zero-order valence-electron chi connectivity index (χ0n) is 8.40. The molecule has 1 aliphatic rings. The van der Waals surface area contributed by atoms with E-state index in [1.807, 2.05) is 6.92 Å². The average Bonchev–Trinajstić information content (AvgIpc) is 2.75. The number of nitrogens with zero attached hydrogens (tertiary/aromatic N) is 1. The minimum absolute atomic E-state index is 0.0554. The fourth-order valence-electron chi connectivity index (χ4n) is 1.62. The Morgan fingerprint density at radius 3 is 3.21 bits per heavy atom. The zero-order chi connectivity index (χ0) is 9.97. The summed E-state index contributed by atoms with van der Waals surface area (Å²) in [5, 5.41) is 3.27. The van der Waals surface area contributed by atoms with Crippen molar-refractivity contribution in [3.8, 4) is 0 Å². The van der Waals surface area contributed by atoms with Crippen molar-refractivity contribution in [1.82, 2.24) is 4.98 Å². The molecule has 0 aliphatic carbocycles. The van der Waals surface area contributed by atoms with Crippen LogP contribution in [0.4, 0.5) is 0 Å². The van der Waals surface area contributed by atoms with Crippen molar-refractivity contribution in [2.75, 3.05) is 13.2 Å². The first-order valence-corrected chi connectivity index (χ1v) is 5.91. The molecular formula is C10H16N2OS. The summed E-state index contributed by atoms with van der Waals surface area (Å²) in [5.74, 6) is 0.669.